The summed E-state index contributed by atoms with van der Waals surface area (Å²) in [5.41, 5.74) is 1.19. The second-order valence-corrected chi connectivity index (χ2v) is 5.74. The molecule has 1 saturated heterocycles. The maximum absolute atomic E-state index is 12.6. The van der Waals surface area contributed by atoms with E-state index in [1.165, 1.54) is 0 Å². The molecule has 0 spiro atoms. The third-order valence-electron chi connectivity index (χ3n) is 4.53. The minimum atomic E-state index is -0.107. The molecule has 1 aliphatic rings. The first-order valence-electron chi connectivity index (χ1n) is 8.07. The van der Waals surface area contributed by atoms with Crippen molar-refractivity contribution in [2.45, 2.75) is 32.7 Å². The molecule has 2 rings (SSSR count). The number of nitrogens with zero attached hydrogens (tertiary/aromatic N) is 2. The van der Waals surface area contributed by atoms with E-state index in [2.05, 4.69) is 11.8 Å². The summed E-state index contributed by atoms with van der Waals surface area (Å²) in [6.07, 6.45) is 1.61. The van der Waals surface area contributed by atoms with Crippen LogP contribution in [0.2, 0.25) is 0 Å². The van der Waals surface area contributed by atoms with Crippen molar-refractivity contribution in [2.24, 2.45) is 0 Å². The van der Waals surface area contributed by atoms with Gasteiger partial charge in [-0.05, 0) is 24.5 Å². The van der Waals surface area contributed by atoms with Gasteiger partial charge in [0, 0.05) is 32.2 Å². The zero-order valence-electron chi connectivity index (χ0n) is 13.5. The first-order chi connectivity index (χ1) is 10.6. The van der Waals surface area contributed by atoms with Crippen LogP contribution in [0.3, 0.4) is 0 Å². The highest BCUT2D eigenvalue weighted by molar-refractivity contribution is 5.97. The zero-order chi connectivity index (χ0) is 16.1. The van der Waals surface area contributed by atoms with Crippen LogP contribution in [0.5, 0.6) is 5.75 Å². The van der Waals surface area contributed by atoms with Crippen LogP contribution in [-0.2, 0) is 6.42 Å². The summed E-state index contributed by atoms with van der Waals surface area (Å²) < 4.78 is 0. The first-order valence-corrected chi connectivity index (χ1v) is 8.07. The van der Waals surface area contributed by atoms with Crippen molar-refractivity contribution in [3.8, 4) is 5.75 Å². The molecule has 1 heterocycles. The summed E-state index contributed by atoms with van der Waals surface area (Å²) in [7, 11) is 0. The van der Waals surface area contributed by atoms with Crippen LogP contribution >= 0.6 is 0 Å². The van der Waals surface area contributed by atoms with E-state index < -0.39 is 0 Å². The summed E-state index contributed by atoms with van der Waals surface area (Å²) in [6.45, 7) is 6.96. The summed E-state index contributed by atoms with van der Waals surface area (Å²) in [6, 6.07) is 5.53. The van der Waals surface area contributed by atoms with Crippen molar-refractivity contribution in [2.75, 3.05) is 32.8 Å². The van der Waals surface area contributed by atoms with Gasteiger partial charge in [-0.3, -0.25) is 9.69 Å². The van der Waals surface area contributed by atoms with Gasteiger partial charge in [-0.1, -0.05) is 26.0 Å². The van der Waals surface area contributed by atoms with Crippen LogP contribution in [-0.4, -0.2) is 64.7 Å². The quantitative estimate of drug-likeness (QED) is 0.865. The van der Waals surface area contributed by atoms with E-state index in [9.17, 15) is 15.0 Å². The predicted molar refractivity (Wildman–Crippen MR) is 86.1 cm³/mol. The highest BCUT2D eigenvalue weighted by Gasteiger charge is 2.27. The number of amides is 1. The third kappa shape index (κ3) is 3.42. The Balaban J connectivity index is 2.04. The fraction of sp³-hybridized carbons (Fsp3) is 0.588. The van der Waals surface area contributed by atoms with E-state index in [1.807, 2.05) is 19.1 Å². The smallest absolute Gasteiger partial charge is 0.257 e. The van der Waals surface area contributed by atoms with Gasteiger partial charge in [-0.2, -0.15) is 0 Å². The van der Waals surface area contributed by atoms with Crippen molar-refractivity contribution in [1.82, 2.24) is 9.80 Å². The molecule has 122 valence electrons. The molecule has 1 aromatic rings. The summed E-state index contributed by atoms with van der Waals surface area (Å²) in [5, 5.41) is 19.6. The number of aliphatic hydroxyl groups excluding tert-OH is 1. The minimum Gasteiger partial charge on any atom is -0.507 e. The number of aromatic hydroxyl groups is 1. The van der Waals surface area contributed by atoms with Crippen LogP contribution in [0.1, 0.15) is 36.2 Å². The number of aryl methyl sites for hydroxylation is 1. The lowest BCUT2D eigenvalue weighted by molar-refractivity contribution is 0.0470. The molecule has 1 amide bonds. The third-order valence-corrected chi connectivity index (χ3v) is 4.53. The Morgan fingerprint density at radius 1 is 1.23 bits per heavy atom. The van der Waals surface area contributed by atoms with Gasteiger partial charge in [0.25, 0.3) is 5.91 Å². The molecular formula is C17H26N2O3. The standard InChI is InChI=1S/C17H26N2O3/c1-3-13-6-5-7-15(16(13)21)17(22)19-10-8-18(9-11-19)14(4-2)12-20/h5-7,14,20-21H,3-4,8-12H2,1-2H3. The van der Waals surface area contributed by atoms with Crippen molar-refractivity contribution < 1.29 is 15.0 Å². The van der Waals surface area contributed by atoms with Crippen molar-refractivity contribution in [1.29, 1.82) is 0 Å². The van der Waals surface area contributed by atoms with E-state index in [-0.39, 0.29) is 24.3 Å². The number of aliphatic hydroxyl groups is 1. The molecule has 1 fully saturated rings. The van der Waals surface area contributed by atoms with Crippen molar-refractivity contribution in [3.05, 3.63) is 29.3 Å². The molecular weight excluding hydrogens is 280 g/mol. The van der Waals surface area contributed by atoms with Gasteiger partial charge in [0.2, 0.25) is 0 Å². The predicted octanol–water partition coefficient (Wildman–Crippen LogP) is 1.48. The molecule has 0 aromatic heterocycles. The van der Waals surface area contributed by atoms with Gasteiger partial charge in [-0.25, -0.2) is 0 Å². The average Bonchev–Trinajstić information content (AvgIpc) is 2.56. The average molecular weight is 306 g/mol. The zero-order valence-corrected chi connectivity index (χ0v) is 13.5. The minimum absolute atomic E-state index is 0.107. The van der Waals surface area contributed by atoms with Crippen LogP contribution in [0, 0.1) is 0 Å². The fourth-order valence-electron chi connectivity index (χ4n) is 3.01. The lowest BCUT2D eigenvalue weighted by atomic mass is 10.1. The Morgan fingerprint density at radius 3 is 2.45 bits per heavy atom. The summed E-state index contributed by atoms with van der Waals surface area (Å²) in [5.74, 6) is 0.00344. The van der Waals surface area contributed by atoms with Crippen molar-refractivity contribution >= 4 is 5.91 Å². The first kappa shape index (κ1) is 16.8. The lowest BCUT2D eigenvalue weighted by Gasteiger charge is -2.38. The Kier molecular flexibility index (Phi) is 5.80. The Labute approximate surface area is 132 Å². The molecule has 5 nitrogen and oxygen atoms in total. The van der Waals surface area contributed by atoms with Crippen LogP contribution in [0.25, 0.3) is 0 Å². The van der Waals surface area contributed by atoms with E-state index >= 15 is 0 Å². The topological polar surface area (TPSA) is 64.0 Å². The van der Waals surface area contributed by atoms with Gasteiger partial charge in [0.05, 0.1) is 12.2 Å². The number of carbonyl (C=O) groups is 1. The Hall–Kier alpha value is -1.59. The molecule has 1 aromatic carbocycles. The van der Waals surface area contributed by atoms with Gasteiger partial charge in [0.15, 0.2) is 0 Å². The molecule has 0 aliphatic carbocycles. The summed E-state index contributed by atoms with van der Waals surface area (Å²) in [4.78, 5) is 16.6. The normalized spacial score (nSPS) is 17.5. The maximum Gasteiger partial charge on any atom is 0.257 e. The molecule has 1 unspecified atom stereocenters. The molecule has 22 heavy (non-hydrogen) atoms. The number of para-hydroxylation sites is 1. The molecule has 5 heteroatoms. The van der Waals surface area contributed by atoms with Crippen LogP contribution < -0.4 is 0 Å². The number of piperazine rings is 1. The van der Waals surface area contributed by atoms with Gasteiger partial charge in [-0.15, -0.1) is 0 Å². The second kappa shape index (κ2) is 7.61. The second-order valence-electron chi connectivity index (χ2n) is 5.74. The molecule has 0 saturated carbocycles. The SMILES string of the molecule is CCc1cccc(C(=O)N2CCN(C(CC)CO)CC2)c1O. The lowest BCUT2D eigenvalue weighted by Crippen LogP contribution is -2.52. The van der Waals surface area contributed by atoms with E-state index in [0.717, 1.165) is 25.1 Å². The number of hydrogen-bond donors (Lipinski definition) is 2. The molecule has 2 N–H and O–H groups in total. The Bertz CT molecular complexity index is 507. The Morgan fingerprint density at radius 2 is 1.91 bits per heavy atom. The van der Waals surface area contributed by atoms with Crippen LogP contribution in [0.4, 0.5) is 0 Å². The number of benzene rings is 1. The number of rotatable bonds is 5. The fourth-order valence-corrected chi connectivity index (χ4v) is 3.01. The molecule has 0 radical (unpaired) electrons. The van der Waals surface area contributed by atoms with E-state index in [0.29, 0.717) is 25.1 Å². The summed E-state index contributed by atoms with van der Waals surface area (Å²) >= 11 is 0. The van der Waals surface area contributed by atoms with E-state index in [4.69, 9.17) is 0 Å². The van der Waals surface area contributed by atoms with Gasteiger partial charge >= 0.3 is 0 Å². The van der Waals surface area contributed by atoms with Crippen LogP contribution in [0.15, 0.2) is 18.2 Å². The number of hydrogen-bond acceptors (Lipinski definition) is 4. The maximum atomic E-state index is 12.6. The highest BCUT2D eigenvalue weighted by Crippen LogP contribution is 2.24. The monoisotopic (exact) mass is 306 g/mol. The molecule has 0 bridgehead atoms. The van der Waals surface area contributed by atoms with Crippen molar-refractivity contribution in [3.63, 3.8) is 0 Å². The highest BCUT2D eigenvalue weighted by atomic mass is 16.3. The van der Waals surface area contributed by atoms with Gasteiger partial charge < -0.3 is 15.1 Å². The molecule has 1 atom stereocenters. The van der Waals surface area contributed by atoms with E-state index in [1.54, 1.807) is 11.0 Å². The number of phenols is 1. The molecule has 1 aliphatic heterocycles. The van der Waals surface area contributed by atoms with Gasteiger partial charge in [0.1, 0.15) is 5.75 Å². The largest absolute Gasteiger partial charge is 0.507 e. The number of carbonyl (C=O) groups excluding carboxylic acids is 1. The number of phenolic OH excluding ortho intramolecular Hbond substituents is 1.